The Kier molecular flexibility index (Phi) is 15.3. The monoisotopic (exact) mass is 697 g/mol. The molecular formula is C41H57N6S2+3. The predicted molar refractivity (Wildman–Crippen MR) is 217 cm³/mol. The molecule has 0 fully saturated rings. The van der Waals surface area contributed by atoms with E-state index in [0.717, 1.165) is 43.0 Å². The van der Waals surface area contributed by atoms with Crippen LogP contribution in [0.15, 0.2) is 97.6 Å². The van der Waals surface area contributed by atoms with Crippen LogP contribution in [-0.4, -0.2) is 96.4 Å². The molecule has 0 amide bonds. The molecule has 0 N–H and O–H groups in total. The van der Waals surface area contributed by atoms with E-state index in [9.17, 15) is 0 Å². The van der Waals surface area contributed by atoms with Gasteiger partial charge in [0, 0.05) is 76.1 Å². The van der Waals surface area contributed by atoms with E-state index in [2.05, 4.69) is 195 Å². The van der Waals surface area contributed by atoms with Crippen molar-refractivity contribution in [3.05, 3.63) is 120 Å². The highest BCUT2D eigenvalue weighted by atomic mass is 33.1. The van der Waals surface area contributed by atoms with Crippen molar-refractivity contribution in [3.8, 4) is 0 Å². The number of hydrogen-bond acceptors (Lipinski definition) is 5. The van der Waals surface area contributed by atoms with Gasteiger partial charge in [-0.3, -0.25) is 4.90 Å². The molecule has 0 aliphatic heterocycles. The van der Waals surface area contributed by atoms with Gasteiger partial charge in [0.15, 0.2) is 37.9 Å². The molecule has 0 aliphatic rings. The first-order valence-corrected chi connectivity index (χ1v) is 19.7. The largest absolute Gasteiger partial charge is 0.378 e. The van der Waals surface area contributed by atoms with Gasteiger partial charge in [-0.25, -0.2) is 4.57 Å². The first kappa shape index (κ1) is 38.2. The highest BCUT2D eigenvalue weighted by Gasteiger charge is 2.17. The summed E-state index contributed by atoms with van der Waals surface area (Å²) in [4.78, 5) is 6.68. The van der Waals surface area contributed by atoms with E-state index in [0.29, 0.717) is 0 Å². The van der Waals surface area contributed by atoms with Gasteiger partial charge >= 0.3 is 0 Å². The minimum Gasteiger partial charge on any atom is -0.378 e. The van der Waals surface area contributed by atoms with Crippen molar-refractivity contribution in [2.24, 2.45) is 0 Å². The highest BCUT2D eigenvalue weighted by molar-refractivity contribution is 8.76. The van der Waals surface area contributed by atoms with Gasteiger partial charge in [0.2, 0.25) is 0 Å². The fourth-order valence-corrected chi connectivity index (χ4v) is 7.45. The average molecular weight is 698 g/mol. The molecule has 0 atom stereocenters. The van der Waals surface area contributed by atoms with Crippen molar-refractivity contribution in [2.45, 2.75) is 13.1 Å². The van der Waals surface area contributed by atoms with Crippen LogP contribution in [0.5, 0.6) is 0 Å². The molecule has 49 heavy (non-hydrogen) atoms. The Balaban J connectivity index is 1.06. The summed E-state index contributed by atoms with van der Waals surface area (Å²) < 4.78 is 5.61. The first-order chi connectivity index (χ1) is 23.6. The Morgan fingerprint density at radius 1 is 0.510 bits per heavy atom. The summed E-state index contributed by atoms with van der Waals surface area (Å²) in [7, 11) is 19.2. The number of aromatic nitrogens is 2. The van der Waals surface area contributed by atoms with Gasteiger partial charge in [0.1, 0.15) is 6.54 Å². The lowest BCUT2D eigenvalue weighted by Crippen LogP contribution is -2.48. The molecule has 4 aromatic rings. The topological polar surface area (TPSA) is 17.5 Å². The summed E-state index contributed by atoms with van der Waals surface area (Å²) in [5, 5.41) is 0. The van der Waals surface area contributed by atoms with Gasteiger partial charge in [-0.15, -0.1) is 0 Å². The first-order valence-electron chi connectivity index (χ1n) is 17.2. The molecule has 0 bridgehead atoms. The molecule has 0 saturated carbocycles. The highest BCUT2D eigenvalue weighted by Crippen LogP contribution is 2.21. The number of likely N-dealkylation sites (N-methyl/N-ethyl adjacent to an activating group) is 2. The third-order valence-electron chi connectivity index (χ3n) is 8.71. The van der Waals surface area contributed by atoms with Gasteiger partial charge in [-0.2, -0.15) is 4.57 Å². The number of anilines is 2. The van der Waals surface area contributed by atoms with E-state index in [1.165, 1.54) is 45.9 Å². The van der Waals surface area contributed by atoms with Crippen LogP contribution in [0.3, 0.4) is 0 Å². The maximum absolute atomic E-state index is 2.44. The zero-order valence-electron chi connectivity index (χ0n) is 30.7. The molecular weight excluding hydrogens is 641 g/mol. The van der Waals surface area contributed by atoms with E-state index >= 15 is 0 Å². The van der Waals surface area contributed by atoms with Gasteiger partial charge in [0.05, 0.1) is 32.9 Å². The molecule has 2 heterocycles. The lowest BCUT2D eigenvalue weighted by atomic mass is 10.1. The number of quaternary nitrogens is 1. The van der Waals surface area contributed by atoms with Gasteiger partial charge in [-0.05, 0) is 53.6 Å². The second-order valence-electron chi connectivity index (χ2n) is 13.7. The molecule has 0 aliphatic carbocycles. The fourth-order valence-electron chi connectivity index (χ4n) is 5.10. The number of benzene rings is 2. The van der Waals surface area contributed by atoms with E-state index < -0.39 is 0 Å². The molecule has 2 aromatic heterocycles. The standard InChI is InChI=1S/C41H57N6S2/c1-42(2)40-16-12-36(13-17-40)8-10-38-20-24-45(25-21-38)29-28-44(5)31-34-48-49-35-33-47(6,7)32-30-46-26-22-39(23-27-46)11-9-37-14-18-41(19-15-37)43(3)4/h8-27H,28-35H2,1-7H3/q+3. The maximum atomic E-state index is 2.44. The van der Waals surface area contributed by atoms with E-state index in [4.69, 9.17) is 0 Å². The minimum absolute atomic E-state index is 0.999. The van der Waals surface area contributed by atoms with Gasteiger partial charge in [0.25, 0.3) is 0 Å². The molecule has 0 spiro atoms. The van der Waals surface area contributed by atoms with Crippen molar-refractivity contribution in [2.75, 3.05) is 96.8 Å². The SMILES string of the molecule is CN(CCSSCC[N+](C)(C)CC[n+]1ccc(/C=C/c2ccc(N(C)C)cc2)cc1)CC[n+]1ccc(/C=C/c2ccc(N(C)C)cc2)cc1. The van der Waals surface area contributed by atoms with Gasteiger partial charge in [-0.1, -0.05) is 70.2 Å². The smallest absolute Gasteiger partial charge is 0.196 e. The summed E-state index contributed by atoms with van der Waals surface area (Å²) in [5.74, 6) is 2.32. The van der Waals surface area contributed by atoms with Crippen LogP contribution in [0.25, 0.3) is 24.3 Å². The molecule has 0 radical (unpaired) electrons. The third kappa shape index (κ3) is 14.1. The molecule has 0 saturated heterocycles. The number of pyridine rings is 2. The molecule has 260 valence electrons. The molecule has 2 aromatic carbocycles. The maximum Gasteiger partial charge on any atom is 0.196 e. The Morgan fingerprint density at radius 3 is 1.37 bits per heavy atom. The normalized spacial score (nSPS) is 12.0. The zero-order chi connectivity index (χ0) is 35.1. The van der Waals surface area contributed by atoms with Crippen LogP contribution in [-0.2, 0) is 13.1 Å². The van der Waals surface area contributed by atoms with Crippen LogP contribution >= 0.6 is 21.6 Å². The Morgan fingerprint density at radius 2 is 0.918 bits per heavy atom. The van der Waals surface area contributed by atoms with Crippen molar-refractivity contribution in [1.29, 1.82) is 0 Å². The lowest BCUT2D eigenvalue weighted by Gasteiger charge is -2.28. The lowest BCUT2D eigenvalue weighted by molar-refractivity contribution is -0.907. The second kappa shape index (κ2) is 19.6. The fraction of sp³-hybridized carbons (Fsp3) is 0.366. The van der Waals surface area contributed by atoms with Crippen molar-refractivity contribution >= 4 is 57.3 Å². The van der Waals surface area contributed by atoms with Gasteiger partial charge < -0.3 is 14.3 Å². The Bertz CT molecular complexity index is 1580. The zero-order valence-corrected chi connectivity index (χ0v) is 32.3. The average Bonchev–Trinajstić information content (AvgIpc) is 3.10. The minimum atomic E-state index is 0.999. The molecule has 8 heteroatoms. The quantitative estimate of drug-likeness (QED) is 0.0462. The number of nitrogens with zero attached hydrogens (tertiary/aromatic N) is 6. The molecule has 6 nitrogen and oxygen atoms in total. The van der Waals surface area contributed by atoms with Crippen LogP contribution in [0.1, 0.15) is 22.3 Å². The summed E-state index contributed by atoms with van der Waals surface area (Å²) >= 11 is 0. The van der Waals surface area contributed by atoms with E-state index in [-0.39, 0.29) is 0 Å². The van der Waals surface area contributed by atoms with Crippen LogP contribution < -0.4 is 18.9 Å². The number of hydrogen-bond donors (Lipinski definition) is 0. The van der Waals surface area contributed by atoms with Crippen LogP contribution in [0.4, 0.5) is 11.4 Å². The second-order valence-corrected chi connectivity index (χ2v) is 16.4. The summed E-state index contributed by atoms with van der Waals surface area (Å²) in [5.41, 5.74) is 7.31. The number of rotatable bonds is 19. The van der Waals surface area contributed by atoms with Crippen molar-refractivity contribution in [1.82, 2.24) is 4.90 Å². The summed E-state index contributed by atoms with van der Waals surface area (Å²) in [6.07, 6.45) is 17.5. The van der Waals surface area contributed by atoms with Crippen molar-refractivity contribution in [3.63, 3.8) is 0 Å². The van der Waals surface area contributed by atoms with Crippen LogP contribution in [0.2, 0.25) is 0 Å². The van der Waals surface area contributed by atoms with Crippen molar-refractivity contribution < 1.29 is 13.6 Å². The molecule has 0 unspecified atom stereocenters. The van der Waals surface area contributed by atoms with E-state index in [1.54, 1.807) is 0 Å². The summed E-state index contributed by atoms with van der Waals surface area (Å²) in [6, 6.07) is 26.1. The Labute approximate surface area is 304 Å². The predicted octanol–water partition coefficient (Wildman–Crippen LogP) is 6.82. The Hall–Kier alpha value is -3.56. The molecule has 4 rings (SSSR count). The third-order valence-corrected chi connectivity index (χ3v) is 11.1. The summed E-state index contributed by atoms with van der Waals surface area (Å²) in [6.45, 7) is 6.47. The van der Waals surface area contributed by atoms with Crippen LogP contribution in [0, 0.1) is 0 Å². The van der Waals surface area contributed by atoms with E-state index in [1.807, 2.05) is 21.6 Å².